The van der Waals surface area contributed by atoms with Crippen molar-refractivity contribution in [1.82, 2.24) is 15.2 Å². The summed E-state index contributed by atoms with van der Waals surface area (Å²) in [5.41, 5.74) is 1.57. The molecular weight excluding hydrogens is 306 g/mol. The van der Waals surface area contributed by atoms with E-state index in [1.54, 1.807) is 7.11 Å². The molecular formula is C18H25N3O3. The zero-order valence-corrected chi connectivity index (χ0v) is 14.0. The Balaban J connectivity index is 1.53. The molecule has 2 heterocycles. The van der Waals surface area contributed by atoms with Crippen LogP contribution in [0.25, 0.3) is 10.9 Å². The minimum absolute atomic E-state index is 0.0269. The standard InChI is InChI=1S/C18H25N3O3/c1-24-12-15(22)11-21-9-6-14(7-10-21)20-18(23)16-4-2-3-13-5-8-19-17(13)16/h2-5,8,14-15,19,22H,6-7,9-12H2,1H3,(H,20,23). The number of carbonyl (C=O) groups is 1. The van der Waals surface area contributed by atoms with Gasteiger partial charge >= 0.3 is 0 Å². The van der Waals surface area contributed by atoms with Gasteiger partial charge in [-0.05, 0) is 25.0 Å². The molecule has 6 nitrogen and oxygen atoms in total. The lowest BCUT2D eigenvalue weighted by Gasteiger charge is -2.33. The van der Waals surface area contributed by atoms with E-state index in [0.29, 0.717) is 18.7 Å². The fourth-order valence-corrected chi connectivity index (χ4v) is 3.34. The average Bonchev–Trinajstić information content (AvgIpc) is 3.05. The molecule has 24 heavy (non-hydrogen) atoms. The van der Waals surface area contributed by atoms with Crippen LogP contribution in [0, 0.1) is 0 Å². The monoisotopic (exact) mass is 331 g/mol. The third kappa shape index (κ3) is 3.95. The quantitative estimate of drug-likeness (QED) is 0.747. The third-order valence-corrected chi connectivity index (χ3v) is 4.58. The number of ether oxygens (including phenoxy) is 1. The van der Waals surface area contributed by atoms with Crippen molar-refractivity contribution < 1.29 is 14.6 Å². The molecule has 0 bridgehead atoms. The number of piperidine rings is 1. The van der Waals surface area contributed by atoms with Crippen LogP contribution in [0.2, 0.25) is 0 Å². The molecule has 1 unspecified atom stereocenters. The highest BCUT2D eigenvalue weighted by Crippen LogP contribution is 2.18. The number of methoxy groups -OCH3 is 1. The number of aromatic nitrogens is 1. The normalized spacial score (nSPS) is 17.9. The number of hydrogen-bond donors (Lipinski definition) is 3. The van der Waals surface area contributed by atoms with E-state index in [0.717, 1.165) is 36.8 Å². The Labute approximate surface area is 141 Å². The van der Waals surface area contributed by atoms with E-state index in [4.69, 9.17) is 4.74 Å². The number of hydrogen-bond acceptors (Lipinski definition) is 4. The molecule has 0 aliphatic carbocycles. The summed E-state index contributed by atoms with van der Waals surface area (Å²) in [5.74, 6) is -0.0269. The van der Waals surface area contributed by atoms with Crippen molar-refractivity contribution in [1.29, 1.82) is 0 Å². The molecule has 3 rings (SSSR count). The molecule has 1 aliphatic rings. The number of carbonyl (C=O) groups excluding carboxylic acids is 1. The van der Waals surface area contributed by atoms with Crippen molar-refractivity contribution in [3.8, 4) is 0 Å². The molecule has 1 saturated heterocycles. The lowest BCUT2D eigenvalue weighted by atomic mass is 10.0. The number of aliphatic hydroxyl groups is 1. The van der Waals surface area contributed by atoms with Gasteiger partial charge in [0.2, 0.25) is 0 Å². The maximum atomic E-state index is 12.6. The highest BCUT2D eigenvalue weighted by Gasteiger charge is 2.23. The van der Waals surface area contributed by atoms with Gasteiger partial charge in [-0.2, -0.15) is 0 Å². The zero-order valence-electron chi connectivity index (χ0n) is 14.0. The first kappa shape index (κ1) is 17.0. The lowest BCUT2D eigenvalue weighted by molar-refractivity contribution is 0.0309. The van der Waals surface area contributed by atoms with E-state index in [2.05, 4.69) is 15.2 Å². The summed E-state index contributed by atoms with van der Waals surface area (Å²) in [6.07, 6.45) is 3.19. The Morgan fingerprint density at radius 3 is 2.96 bits per heavy atom. The molecule has 0 spiro atoms. The van der Waals surface area contributed by atoms with Crippen LogP contribution >= 0.6 is 0 Å². The molecule has 1 aromatic heterocycles. The summed E-state index contributed by atoms with van der Waals surface area (Å²) in [6, 6.07) is 7.90. The molecule has 0 radical (unpaired) electrons. The Hall–Kier alpha value is -1.89. The smallest absolute Gasteiger partial charge is 0.253 e. The van der Waals surface area contributed by atoms with Gasteiger partial charge in [-0.15, -0.1) is 0 Å². The molecule has 0 saturated carbocycles. The zero-order chi connectivity index (χ0) is 16.9. The van der Waals surface area contributed by atoms with Crippen molar-refractivity contribution in [2.24, 2.45) is 0 Å². The summed E-state index contributed by atoms with van der Waals surface area (Å²) in [5, 5.41) is 14.0. The van der Waals surface area contributed by atoms with E-state index < -0.39 is 6.10 Å². The van der Waals surface area contributed by atoms with Gasteiger partial charge < -0.3 is 25.0 Å². The van der Waals surface area contributed by atoms with Crippen LogP contribution in [-0.2, 0) is 4.74 Å². The Morgan fingerprint density at radius 2 is 2.21 bits per heavy atom. The number of amides is 1. The average molecular weight is 331 g/mol. The van der Waals surface area contributed by atoms with Gasteiger partial charge in [0.25, 0.3) is 5.91 Å². The van der Waals surface area contributed by atoms with Crippen LogP contribution in [0.1, 0.15) is 23.2 Å². The number of β-amino-alcohol motifs (C(OH)–C–C–N with tert-alkyl or cyclic N) is 1. The van der Waals surface area contributed by atoms with Crippen LogP contribution < -0.4 is 5.32 Å². The first-order chi connectivity index (χ1) is 11.7. The van der Waals surface area contributed by atoms with E-state index >= 15 is 0 Å². The van der Waals surface area contributed by atoms with Gasteiger partial charge in [0, 0.05) is 44.4 Å². The van der Waals surface area contributed by atoms with E-state index in [9.17, 15) is 9.90 Å². The molecule has 2 aromatic rings. The van der Waals surface area contributed by atoms with Crippen molar-refractivity contribution in [2.45, 2.75) is 25.0 Å². The van der Waals surface area contributed by atoms with Gasteiger partial charge in [-0.25, -0.2) is 0 Å². The number of fused-ring (bicyclic) bond motifs is 1. The first-order valence-corrected chi connectivity index (χ1v) is 8.43. The number of para-hydroxylation sites is 1. The van der Waals surface area contributed by atoms with Crippen LogP contribution in [-0.4, -0.2) is 66.4 Å². The van der Waals surface area contributed by atoms with Gasteiger partial charge in [0.05, 0.1) is 23.8 Å². The van der Waals surface area contributed by atoms with Gasteiger partial charge in [-0.3, -0.25) is 4.79 Å². The highest BCUT2D eigenvalue weighted by molar-refractivity contribution is 6.05. The number of nitrogens with one attached hydrogen (secondary N) is 2. The SMILES string of the molecule is COCC(O)CN1CCC(NC(=O)c2cccc3cc[nH]c23)CC1. The Morgan fingerprint density at radius 1 is 1.42 bits per heavy atom. The number of nitrogens with zero attached hydrogens (tertiary/aromatic N) is 1. The molecule has 3 N–H and O–H groups in total. The summed E-state index contributed by atoms with van der Waals surface area (Å²) in [7, 11) is 1.59. The first-order valence-electron chi connectivity index (χ1n) is 8.43. The van der Waals surface area contributed by atoms with Crippen LogP contribution in [0.15, 0.2) is 30.5 Å². The third-order valence-electron chi connectivity index (χ3n) is 4.58. The molecule has 1 atom stereocenters. The summed E-state index contributed by atoms with van der Waals surface area (Å²) >= 11 is 0. The van der Waals surface area contributed by atoms with Crippen molar-refractivity contribution in [3.63, 3.8) is 0 Å². The molecule has 6 heteroatoms. The van der Waals surface area contributed by atoms with Crippen molar-refractivity contribution in [2.75, 3.05) is 33.4 Å². The highest BCUT2D eigenvalue weighted by atomic mass is 16.5. The summed E-state index contributed by atoms with van der Waals surface area (Å²) in [6.45, 7) is 2.73. The fourth-order valence-electron chi connectivity index (χ4n) is 3.34. The van der Waals surface area contributed by atoms with Crippen LogP contribution in [0.3, 0.4) is 0 Å². The minimum atomic E-state index is -0.452. The summed E-state index contributed by atoms with van der Waals surface area (Å²) in [4.78, 5) is 17.9. The topological polar surface area (TPSA) is 77.6 Å². The van der Waals surface area contributed by atoms with E-state index in [1.165, 1.54) is 0 Å². The largest absolute Gasteiger partial charge is 0.389 e. The second kappa shape index (κ2) is 7.79. The number of aromatic amines is 1. The molecule has 1 aromatic carbocycles. The second-order valence-corrected chi connectivity index (χ2v) is 6.40. The predicted molar refractivity (Wildman–Crippen MR) is 93.1 cm³/mol. The number of likely N-dealkylation sites (tertiary alicyclic amines) is 1. The molecule has 1 aliphatic heterocycles. The Kier molecular flexibility index (Phi) is 5.50. The number of rotatable bonds is 6. The maximum absolute atomic E-state index is 12.6. The number of benzene rings is 1. The molecule has 1 amide bonds. The maximum Gasteiger partial charge on any atom is 0.253 e. The second-order valence-electron chi connectivity index (χ2n) is 6.40. The number of aliphatic hydroxyl groups excluding tert-OH is 1. The van der Waals surface area contributed by atoms with Gasteiger partial charge in [0.1, 0.15) is 0 Å². The summed E-state index contributed by atoms with van der Waals surface area (Å²) < 4.78 is 4.96. The van der Waals surface area contributed by atoms with Crippen molar-refractivity contribution >= 4 is 16.8 Å². The van der Waals surface area contributed by atoms with Crippen LogP contribution in [0.4, 0.5) is 0 Å². The number of H-pyrrole nitrogens is 1. The predicted octanol–water partition coefficient (Wildman–Crippen LogP) is 1.37. The molecule has 130 valence electrons. The van der Waals surface area contributed by atoms with E-state index in [-0.39, 0.29) is 11.9 Å². The van der Waals surface area contributed by atoms with Crippen molar-refractivity contribution in [3.05, 3.63) is 36.0 Å². The van der Waals surface area contributed by atoms with Gasteiger partial charge in [0.15, 0.2) is 0 Å². The molecule has 1 fully saturated rings. The van der Waals surface area contributed by atoms with E-state index in [1.807, 2.05) is 30.5 Å². The fraction of sp³-hybridized carbons (Fsp3) is 0.500. The minimum Gasteiger partial charge on any atom is -0.389 e. The lowest BCUT2D eigenvalue weighted by Crippen LogP contribution is -2.47. The van der Waals surface area contributed by atoms with Crippen LogP contribution in [0.5, 0.6) is 0 Å². The Bertz CT molecular complexity index is 677. The van der Waals surface area contributed by atoms with Gasteiger partial charge in [-0.1, -0.05) is 12.1 Å².